The lowest BCUT2D eigenvalue weighted by Crippen LogP contribution is -2.40. The lowest BCUT2D eigenvalue weighted by molar-refractivity contribution is 0.0914. The number of carbonyl (C=O) groups is 1. The van der Waals surface area contributed by atoms with E-state index in [4.69, 9.17) is 0 Å². The van der Waals surface area contributed by atoms with Gasteiger partial charge in [-0.25, -0.2) is 4.98 Å². The first-order chi connectivity index (χ1) is 10.4. The maximum atomic E-state index is 12.0. The number of rotatable bonds is 5. The summed E-state index contributed by atoms with van der Waals surface area (Å²) >= 11 is 0. The number of pyridine rings is 1. The second-order valence-corrected chi connectivity index (χ2v) is 6.92. The number of allylic oxidation sites excluding steroid dienone is 1. The van der Waals surface area contributed by atoms with E-state index in [9.17, 15) is 4.79 Å². The minimum absolute atomic E-state index is 0.133. The summed E-state index contributed by atoms with van der Waals surface area (Å²) in [6.45, 7) is 6.80. The average molecular weight is 301 g/mol. The monoisotopic (exact) mass is 301 g/mol. The summed E-state index contributed by atoms with van der Waals surface area (Å²) in [7, 11) is 0. The van der Waals surface area contributed by atoms with Crippen LogP contribution in [0.3, 0.4) is 0 Å². The lowest BCUT2D eigenvalue weighted by Gasteiger charge is -2.20. The van der Waals surface area contributed by atoms with Gasteiger partial charge in [-0.3, -0.25) is 4.79 Å². The summed E-state index contributed by atoms with van der Waals surface area (Å²) in [5, 5.41) is 6.28. The molecule has 1 aliphatic rings. The van der Waals surface area contributed by atoms with Crippen LogP contribution in [0.2, 0.25) is 0 Å². The van der Waals surface area contributed by atoms with E-state index in [-0.39, 0.29) is 11.4 Å². The van der Waals surface area contributed by atoms with E-state index in [0.29, 0.717) is 5.69 Å². The first-order valence-electron chi connectivity index (χ1n) is 8.14. The van der Waals surface area contributed by atoms with Crippen molar-refractivity contribution in [1.82, 2.24) is 10.3 Å². The van der Waals surface area contributed by atoms with Gasteiger partial charge in [0.1, 0.15) is 5.69 Å². The minimum Gasteiger partial charge on any atom is -0.383 e. The molecule has 0 saturated carbocycles. The Morgan fingerprint density at radius 1 is 1.27 bits per heavy atom. The molecule has 22 heavy (non-hydrogen) atoms. The fourth-order valence-corrected chi connectivity index (χ4v) is 2.54. The van der Waals surface area contributed by atoms with Crippen LogP contribution in [0.15, 0.2) is 30.0 Å². The number of hydrogen-bond acceptors (Lipinski definition) is 3. The highest BCUT2D eigenvalue weighted by atomic mass is 16.2. The second-order valence-electron chi connectivity index (χ2n) is 6.92. The Morgan fingerprint density at radius 2 is 2.09 bits per heavy atom. The molecule has 0 radical (unpaired) electrons. The molecule has 4 nitrogen and oxygen atoms in total. The molecule has 1 aromatic heterocycles. The molecule has 0 bridgehead atoms. The van der Waals surface area contributed by atoms with Gasteiger partial charge in [-0.05, 0) is 65.0 Å². The number of anilines is 1. The van der Waals surface area contributed by atoms with Crippen molar-refractivity contribution in [2.45, 2.75) is 58.4 Å². The van der Waals surface area contributed by atoms with Gasteiger partial charge in [0, 0.05) is 12.1 Å². The Labute approximate surface area is 133 Å². The van der Waals surface area contributed by atoms with Crippen LogP contribution in [0.5, 0.6) is 0 Å². The number of amides is 1. The van der Waals surface area contributed by atoms with Crippen LogP contribution >= 0.6 is 0 Å². The van der Waals surface area contributed by atoms with E-state index >= 15 is 0 Å². The van der Waals surface area contributed by atoms with Gasteiger partial charge in [0.05, 0.1) is 11.9 Å². The lowest BCUT2D eigenvalue weighted by atomic mass is 9.97. The van der Waals surface area contributed by atoms with E-state index in [2.05, 4.69) is 21.7 Å². The van der Waals surface area contributed by atoms with Gasteiger partial charge in [-0.1, -0.05) is 11.6 Å². The SMILES string of the molecule is CC(C)(C)NC(=O)c1ccc(NCCC2=CCCCC2)cn1. The van der Waals surface area contributed by atoms with Crippen molar-refractivity contribution in [1.29, 1.82) is 0 Å². The van der Waals surface area contributed by atoms with Crippen LogP contribution < -0.4 is 10.6 Å². The third kappa shape index (κ3) is 5.51. The molecule has 1 amide bonds. The van der Waals surface area contributed by atoms with Crippen LogP contribution in [0.1, 0.15) is 63.4 Å². The van der Waals surface area contributed by atoms with Gasteiger partial charge in [-0.2, -0.15) is 0 Å². The molecule has 0 aromatic carbocycles. The Balaban J connectivity index is 1.81. The maximum Gasteiger partial charge on any atom is 0.270 e. The van der Waals surface area contributed by atoms with E-state index < -0.39 is 0 Å². The van der Waals surface area contributed by atoms with E-state index in [0.717, 1.165) is 18.7 Å². The standard InChI is InChI=1S/C18H27N3O/c1-18(2,3)21-17(22)16-10-9-15(13-20-16)19-12-11-14-7-5-4-6-8-14/h7,9-10,13,19H,4-6,8,11-12H2,1-3H3,(H,21,22). The molecule has 0 spiro atoms. The van der Waals surface area contributed by atoms with Crippen molar-refractivity contribution in [3.8, 4) is 0 Å². The van der Waals surface area contributed by atoms with E-state index in [1.807, 2.05) is 26.8 Å². The Bertz CT molecular complexity index is 526. The molecule has 0 unspecified atom stereocenters. The fraction of sp³-hybridized carbons (Fsp3) is 0.556. The predicted molar refractivity (Wildman–Crippen MR) is 91.1 cm³/mol. The normalized spacial score (nSPS) is 15.1. The van der Waals surface area contributed by atoms with Gasteiger partial charge >= 0.3 is 0 Å². The van der Waals surface area contributed by atoms with Crippen LogP contribution in [0.4, 0.5) is 5.69 Å². The minimum atomic E-state index is -0.247. The predicted octanol–water partition coefficient (Wildman–Crippen LogP) is 3.91. The first-order valence-corrected chi connectivity index (χ1v) is 8.14. The molecule has 2 rings (SSSR count). The highest BCUT2D eigenvalue weighted by Gasteiger charge is 2.15. The topological polar surface area (TPSA) is 54.0 Å². The third-order valence-electron chi connectivity index (χ3n) is 3.64. The summed E-state index contributed by atoms with van der Waals surface area (Å²) in [6, 6.07) is 3.68. The summed E-state index contributed by atoms with van der Waals surface area (Å²) in [6.07, 6.45) is 10.3. The smallest absolute Gasteiger partial charge is 0.270 e. The highest BCUT2D eigenvalue weighted by molar-refractivity contribution is 5.92. The summed E-state index contributed by atoms with van der Waals surface area (Å²) in [5.41, 5.74) is 2.73. The third-order valence-corrected chi connectivity index (χ3v) is 3.64. The number of nitrogens with one attached hydrogen (secondary N) is 2. The van der Waals surface area contributed by atoms with Crippen molar-refractivity contribution in [3.63, 3.8) is 0 Å². The number of hydrogen-bond donors (Lipinski definition) is 2. The largest absolute Gasteiger partial charge is 0.383 e. The molecule has 0 atom stereocenters. The fourth-order valence-electron chi connectivity index (χ4n) is 2.54. The van der Waals surface area contributed by atoms with Gasteiger partial charge < -0.3 is 10.6 Å². The zero-order valence-electron chi connectivity index (χ0n) is 13.9. The molecular weight excluding hydrogens is 274 g/mol. The summed E-state index contributed by atoms with van der Waals surface area (Å²) in [5.74, 6) is -0.133. The molecule has 2 N–H and O–H groups in total. The van der Waals surface area contributed by atoms with Crippen molar-refractivity contribution in [2.75, 3.05) is 11.9 Å². The van der Waals surface area contributed by atoms with E-state index in [1.54, 1.807) is 17.8 Å². The van der Waals surface area contributed by atoms with Gasteiger partial charge in [-0.15, -0.1) is 0 Å². The van der Waals surface area contributed by atoms with Crippen molar-refractivity contribution >= 4 is 11.6 Å². The van der Waals surface area contributed by atoms with Crippen LogP contribution in [0, 0.1) is 0 Å². The quantitative estimate of drug-likeness (QED) is 0.811. The molecule has 120 valence electrons. The Hall–Kier alpha value is -1.84. The molecule has 0 saturated heterocycles. The zero-order valence-corrected chi connectivity index (χ0v) is 13.9. The van der Waals surface area contributed by atoms with Crippen molar-refractivity contribution in [2.24, 2.45) is 0 Å². The van der Waals surface area contributed by atoms with E-state index in [1.165, 1.54) is 25.7 Å². The number of aromatic nitrogens is 1. The van der Waals surface area contributed by atoms with Crippen molar-refractivity contribution < 1.29 is 4.79 Å². The average Bonchev–Trinajstić information content (AvgIpc) is 2.47. The summed E-state index contributed by atoms with van der Waals surface area (Å²) in [4.78, 5) is 16.2. The highest BCUT2D eigenvalue weighted by Crippen LogP contribution is 2.20. The van der Waals surface area contributed by atoms with Gasteiger partial charge in [0.15, 0.2) is 0 Å². The molecule has 1 aromatic rings. The molecule has 0 fully saturated rings. The summed E-state index contributed by atoms with van der Waals surface area (Å²) < 4.78 is 0. The molecule has 1 aliphatic carbocycles. The first kappa shape index (κ1) is 16.5. The van der Waals surface area contributed by atoms with Crippen molar-refractivity contribution in [3.05, 3.63) is 35.7 Å². The number of carbonyl (C=O) groups excluding carboxylic acids is 1. The van der Waals surface area contributed by atoms with Gasteiger partial charge in [0.2, 0.25) is 0 Å². The van der Waals surface area contributed by atoms with Gasteiger partial charge in [0.25, 0.3) is 5.91 Å². The molecule has 1 heterocycles. The molecular formula is C18H27N3O. The van der Waals surface area contributed by atoms with Crippen LogP contribution in [-0.2, 0) is 0 Å². The maximum absolute atomic E-state index is 12.0. The zero-order chi connectivity index (χ0) is 16.0. The Kier molecular flexibility index (Phi) is 5.58. The molecule has 0 aliphatic heterocycles. The number of nitrogens with zero attached hydrogens (tertiary/aromatic N) is 1. The van der Waals surface area contributed by atoms with Crippen LogP contribution in [0.25, 0.3) is 0 Å². The Morgan fingerprint density at radius 3 is 2.68 bits per heavy atom. The second kappa shape index (κ2) is 7.43. The molecule has 4 heteroatoms. The van der Waals surface area contributed by atoms with Crippen LogP contribution in [-0.4, -0.2) is 23.0 Å².